The Labute approximate surface area is 107 Å². The smallest absolute Gasteiger partial charge is 0.407 e. The molecule has 5 heteroatoms. The number of carbonyl (C=O) groups is 1. The molecule has 1 N–H and O–H groups in total. The quantitative estimate of drug-likeness (QED) is 0.864. The van der Waals surface area contributed by atoms with E-state index in [1.807, 2.05) is 0 Å². The molecule has 0 aromatic heterocycles. The van der Waals surface area contributed by atoms with Crippen LogP contribution in [0.4, 0.5) is 9.18 Å². The van der Waals surface area contributed by atoms with Crippen molar-refractivity contribution in [2.75, 3.05) is 13.1 Å². The van der Waals surface area contributed by atoms with Gasteiger partial charge in [-0.05, 0) is 17.7 Å². The summed E-state index contributed by atoms with van der Waals surface area (Å²) in [5.74, 6) is 0. The van der Waals surface area contributed by atoms with Gasteiger partial charge in [-0.3, -0.25) is 0 Å². The highest BCUT2D eigenvalue weighted by Gasteiger charge is 2.37. The van der Waals surface area contributed by atoms with Gasteiger partial charge in [0.1, 0.15) is 5.67 Å². The minimum atomic E-state index is -1.40. The maximum absolute atomic E-state index is 14.6. The molecule has 1 aromatic carbocycles. The van der Waals surface area contributed by atoms with Gasteiger partial charge in [-0.1, -0.05) is 28.1 Å². The number of likely N-dealkylation sites (tertiary alicyclic amines) is 1. The van der Waals surface area contributed by atoms with Crippen LogP contribution in [-0.4, -0.2) is 29.2 Å². The van der Waals surface area contributed by atoms with E-state index in [1.165, 1.54) is 4.90 Å². The largest absolute Gasteiger partial charge is 0.465 e. The van der Waals surface area contributed by atoms with E-state index in [0.717, 1.165) is 4.47 Å². The monoisotopic (exact) mass is 301 g/mol. The first kappa shape index (κ1) is 12.4. The Hall–Kier alpha value is -1.10. The zero-order valence-electron chi connectivity index (χ0n) is 9.20. The first-order valence-corrected chi connectivity index (χ1v) is 6.23. The lowest BCUT2D eigenvalue weighted by atomic mass is 9.86. The summed E-state index contributed by atoms with van der Waals surface area (Å²) in [5.41, 5.74) is -0.766. The lowest BCUT2D eigenvalue weighted by Crippen LogP contribution is -2.42. The van der Waals surface area contributed by atoms with Crippen LogP contribution in [0.3, 0.4) is 0 Å². The van der Waals surface area contributed by atoms with Gasteiger partial charge in [-0.25, -0.2) is 9.18 Å². The number of carboxylic acid groups (broad SMARTS) is 1. The van der Waals surface area contributed by atoms with E-state index in [2.05, 4.69) is 15.9 Å². The maximum atomic E-state index is 14.6. The molecule has 1 amide bonds. The van der Waals surface area contributed by atoms with Gasteiger partial charge >= 0.3 is 6.09 Å². The van der Waals surface area contributed by atoms with E-state index in [0.29, 0.717) is 5.56 Å². The zero-order chi connectivity index (χ0) is 12.5. The Morgan fingerprint density at radius 1 is 1.29 bits per heavy atom. The second kappa shape index (κ2) is 4.64. The molecule has 0 atom stereocenters. The zero-order valence-corrected chi connectivity index (χ0v) is 10.8. The van der Waals surface area contributed by atoms with Crippen LogP contribution >= 0.6 is 15.9 Å². The van der Waals surface area contributed by atoms with Crippen LogP contribution in [0.5, 0.6) is 0 Å². The van der Waals surface area contributed by atoms with E-state index < -0.39 is 11.8 Å². The van der Waals surface area contributed by atoms with Crippen molar-refractivity contribution in [3.63, 3.8) is 0 Å². The predicted molar refractivity (Wildman–Crippen MR) is 65.8 cm³/mol. The number of piperidine rings is 1. The van der Waals surface area contributed by atoms with Crippen LogP contribution in [0.1, 0.15) is 18.4 Å². The van der Waals surface area contributed by atoms with Crippen molar-refractivity contribution in [3.05, 3.63) is 34.3 Å². The van der Waals surface area contributed by atoms with Gasteiger partial charge < -0.3 is 10.0 Å². The molecule has 1 aromatic rings. The van der Waals surface area contributed by atoms with Crippen LogP contribution in [0, 0.1) is 0 Å². The summed E-state index contributed by atoms with van der Waals surface area (Å²) in [6.07, 6.45) is -0.523. The van der Waals surface area contributed by atoms with Crippen LogP contribution < -0.4 is 0 Å². The minimum absolute atomic E-state index is 0.223. The van der Waals surface area contributed by atoms with Crippen molar-refractivity contribution < 1.29 is 14.3 Å². The summed E-state index contributed by atoms with van der Waals surface area (Å²) < 4.78 is 15.5. The Morgan fingerprint density at radius 2 is 1.82 bits per heavy atom. The van der Waals surface area contributed by atoms with Crippen molar-refractivity contribution in [1.29, 1.82) is 0 Å². The highest BCUT2D eigenvalue weighted by atomic mass is 79.9. The van der Waals surface area contributed by atoms with Gasteiger partial charge in [-0.2, -0.15) is 0 Å². The highest BCUT2D eigenvalue weighted by molar-refractivity contribution is 9.10. The third-order valence-corrected chi connectivity index (χ3v) is 3.72. The van der Waals surface area contributed by atoms with Gasteiger partial charge in [0, 0.05) is 30.4 Å². The molecule has 0 unspecified atom stereocenters. The molecule has 1 saturated heterocycles. The van der Waals surface area contributed by atoms with Crippen LogP contribution in [0.25, 0.3) is 0 Å². The average molecular weight is 302 g/mol. The molecule has 1 aliphatic heterocycles. The molecule has 0 radical (unpaired) electrons. The van der Waals surface area contributed by atoms with Crippen molar-refractivity contribution in [2.24, 2.45) is 0 Å². The standard InChI is InChI=1S/C12H13BrFNO2/c13-10-3-1-9(2-4-10)12(14)5-7-15(8-6-12)11(16)17/h1-4H,5-8H2,(H,16,17). The molecule has 1 fully saturated rings. The predicted octanol–water partition coefficient (Wildman–Crippen LogP) is 3.39. The maximum Gasteiger partial charge on any atom is 0.407 e. The summed E-state index contributed by atoms with van der Waals surface area (Å²) in [6, 6.07) is 7.11. The molecular weight excluding hydrogens is 289 g/mol. The fourth-order valence-corrected chi connectivity index (χ4v) is 2.35. The molecule has 1 aliphatic rings. The summed E-state index contributed by atoms with van der Waals surface area (Å²) in [6.45, 7) is 0.504. The Kier molecular flexibility index (Phi) is 3.38. The molecule has 92 valence electrons. The first-order valence-electron chi connectivity index (χ1n) is 5.44. The van der Waals surface area contributed by atoms with Crippen LogP contribution in [0.15, 0.2) is 28.7 Å². The molecule has 0 spiro atoms. The molecule has 0 bridgehead atoms. The van der Waals surface area contributed by atoms with E-state index in [-0.39, 0.29) is 25.9 Å². The normalized spacial score (nSPS) is 19.1. The Morgan fingerprint density at radius 3 is 2.29 bits per heavy atom. The van der Waals surface area contributed by atoms with Gasteiger partial charge in [0.2, 0.25) is 0 Å². The summed E-state index contributed by atoms with van der Waals surface area (Å²) >= 11 is 3.31. The number of nitrogens with zero attached hydrogens (tertiary/aromatic N) is 1. The van der Waals surface area contributed by atoms with E-state index >= 15 is 0 Å². The van der Waals surface area contributed by atoms with Gasteiger partial charge in [0.05, 0.1) is 0 Å². The second-order valence-corrected chi connectivity index (χ2v) is 5.16. The summed E-state index contributed by atoms with van der Waals surface area (Å²) in [5, 5.41) is 8.81. The van der Waals surface area contributed by atoms with E-state index in [9.17, 15) is 9.18 Å². The van der Waals surface area contributed by atoms with E-state index in [4.69, 9.17) is 5.11 Å². The lowest BCUT2D eigenvalue weighted by Gasteiger charge is -2.35. The van der Waals surface area contributed by atoms with Crippen molar-refractivity contribution in [3.8, 4) is 0 Å². The highest BCUT2D eigenvalue weighted by Crippen LogP contribution is 2.37. The average Bonchev–Trinajstić information content (AvgIpc) is 2.30. The molecular formula is C12H13BrFNO2. The third-order valence-electron chi connectivity index (χ3n) is 3.19. The molecule has 2 rings (SSSR count). The Balaban J connectivity index is 2.11. The minimum Gasteiger partial charge on any atom is -0.465 e. The topological polar surface area (TPSA) is 40.5 Å². The van der Waals surface area contributed by atoms with Crippen molar-refractivity contribution >= 4 is 22.0 Å². The number of alkyl halides is 1. The SMILES string of the molecule is O=C(O)N1CCC(F)(c2ccc(Br)cc2)CC1. The Bertz CT molecular complexity index is 413. The lowest BCUT2D eigenvalue weighted by molar-refractivity contribution is 0.0551. The number of halogens is 2. The molecule has 3 nitrogen and oxygen atoms in total. The number of rotatable bonds is 1. The molecule has 1 heterocycles. The first-order chi connectivity index (χ1) is 8.01. The summed E-state index contributed by atoms with van der Waals surface area (Å²) in [4.78, 5) is 12.0. The number of hydrogen-bond donors (Lipinski definition) is 1. The van der Waals surface area contributed by atoms with Crippen LogP contribution in [0.2, 0.25) is 0 Å². The number of benzene rings is 1. The van der Waals surface area contributed by atoms with Gasteiger partial charge in [-0.15, -0.1) is 0 Å². The fourth-order valence-electron chi connectivity index (χ4n) is 2.09. The second-order valence-electron chi connectivity index (χ2n) is 4.24. The van der Waals surface area contributed by atoms with Crippen LogP contribution in [-0.2, 0) is 5.67 Å². The number of amides is 1. The molecule has 17 heavy (non-hydrogen) atoms. The third kappa shape index (κ3) is 2.60. The molecule has 0 aliphatic carbocycles. The van der Waals surface area contributed by atoms with Gasteiger partial charge in [0.25, 0.3) is 0 Å². The molecule has 0 saturated carbocycles. The van der Waals surface area contributed by atoms with Gasteiger partial charge in [0.15, 0.2) is 0 Å². The van der Waals surface area contributed by atoms with Crippen molar-refractivity contribution in [2.45, 2.75) is 18.5 Å². The van der Waals surface area contributed by atoms with Crippen molar-refractivity contribution in [1.82, 2.24) is 4.90 Å². The number of hydrogen-bond acceptors (Lipinski definition) is 1. The summed E-state index contributed by atoms with van der Waals surface area (Å²) in [7, 11) is 0. The van der Waals surface area contributed by atoms with E-state index in [1.54, 1.807) is 24.3 Å². The fraction of sp³-hybridized carbons (Fsp3) is 0.417.